The van der Waals surface area contributed by atoms with Gasteiger partial charge in [-0.05, 0) is 12.0 Å². The molecule has 1 saturated heterocycles. The van der Waals surface area contributed by atoms with Crippen molar-refractivity contribution in [1.82, 2.24) is 4.90 Å². The molecule has 0 unspecified atom stereocenters. The number of carbonyl (C=O) groups is 1. The van der Waals surface area contributed by atoms with Crippen LogP contribution in [0.1, 0.15) is 6.42 Å². The molecule has 1 aliphatic heterocycles. The number of aliphatic hydroxyl groups is 1. The minimum Gasteiger partial charge on any atom is -0.395 e. The minimum absolute atomic E-state index is 0.0974. The molecule has 0 aromatic heterocycles. The second kappa shape index (κ2) is 4.80. The molecule has 1 fully saturated rings. The summed E-state index contributed by atoms with van der Waals surface area (Å²) in [6, 6.07) is 0. The molecule has 0 radical (unpaired) electrons. The summed E-state index contributed by atoms with van der Waals surface area (Å²) in [6.07, 6.45) is -4.90. The van der Waals surface area contributed by atoms with Crippen LogP contribution in [0.15, 0.2) is 5.11 Å². The van der Waals surface area contributed by atoms with Crippen LogP contribution in [0.2, 0.25) is 0 Å². The lowest BCUT2D eigenvalue weighted by Gasteiger charge is -2.29. The maximum absolute atomic E-state index is 12.7. The lowest BCUT2D eigenvalue weighted by atomic mass is 9.87. The Morgan fingerprint density at radius 2 is 2.24 bits per heavy atom. The van der Waals surface area contributed by atoms with Gasteiger partial charge >= 0.3 is 6.18 Å². The van der Waals surface area contributed by atoms with Crippen molar-refractivity contribution in [2.24, 2.45) is 10.5 Å². The Morgan fingerprint density at radius 1 is 1.59 bits per heavy atom. The third kappa shape index (κ3) is 2.62. The molecule has 17 heavy (non-hydrogen) atoms. The summed E-state index contributed by atoms with van der Waals surface area (Å²) in [5.74, 6) is -0.664. The van der Waals surface area contributed by atoms with Gasteiger partial charge in [-0.3, -0.25) is 4.79 Å². The number of halogens is 3. The molecule has 0 aromatic rings. The number of azide groups is 1. The first-order chi connectivity index (χ1) is 7.86. The highest BCUT2D eigenvalue weighted by atomic mass is 19.4. The first kappa shape index (κ1) is 13.6. The zero-order chi connectivity index (χ0) is 13.1. The van der Waals surface area contributed by atoms with E-state index in [1.54, 1.807) is 0 Å². The van der Waals surface area contributed by atoms with Crippen LogP contribution in [0.25, 0.3) is 10.4 Å². The molecule has 0 aliphatic carbocycles. The van der Waals surface area contributed by atoms with Gasteiger partial charge in [0.25, 0.3) is 0 Å². The Kier molecular flexibility index (Phi) is 3.84. The highest BCUT2D eigenvalue weighted by Crippen LogP contribution is 2.44. The quantitative estimate of drug-likeness (QED) is 0.462. The van der Waals surface area contributed by atoms with Gasteiger partial charge in [-0.2, -0.15) is 13.2 Å². The molecular weight excluding hydrogens is 241 g/mol. The summed E-state index contributed by atoms with van der Waals surface area (Å²) in [5, 5.41) is 11.9. The van der Waals surface area contributed by atoms with Gasteiger partial charge in [-0.1, -0.05) is 5.11 Å². The predicted octanol–water partition coefficient (Wildman–Crippen LogP) is 1.07. The van der Waals surface area contributed by atoms with E-state index >= 15 is 0 Å². The molecule has 1 N–H and O–H groups in total. The normalized spacial score (nSPS) is 24.6. The van der Waals surface area contributed by atoms with E-state index in [9.17, 15) is 18.0 Å². The molecule has 96 valence electrons. The first-order valence-corrected chi connectivity index (χ1v) is 4.82. The van der Waals surface area contributed by atoms with Crippen LogP contribution in [0.4, 0.5) is 13.2 Å². The second-order valence-corrected chi connectivity index (χ2v) is 3.89. The van der Waals surface area contributed by atoms with Crippen molar-refractivity contribution in [3.63, 3.8) is 0 Å². The monoisotopic (exact) mass is 252 g/mol. The molecule has 0 bridgehead atoms. The van der Waals surface area contributed by atoms with Crippen molar-refractivity contribution in [3.8, 4) is 0 Å². The van der Waals surface area contributed by atoms with Gasteiger partial charge in [-0.15, -0.1) is 0 Å². The van der Waals surface area contributed by atoms with Crippen molar-refractivity contribution in [2.45, 2.75) is 12.6 Å². The average molecular weight is 252 g/mol. The molecule has 1 heterocycles. The maximum atomic E-state index is 12.7. The standard InChI is InChI=1S/C8H11F3N4O2/c9-8(10,11)7(5-16)1-2-15(4-7)6(17)3-13-14-12/h16H,1-5H2/t7-/m0/s1. The van der Waals surface area contributed by atoms with Crippen LogP contribution in [-0.2, 0) is 4.79 Å². The van der Waals surface area contributed by atoms with Crippen molar-refractivity contribution in [1.29, 1.82) is 0 Å². The van der Waals surface area contributed by atoms with Gasteiger partial charge in [0.2, 0.25) is 5.91 Å². The summed E-state index contributed by atoms with van der Waals surface area (Å²) in [5.41, 5.74) is 5.75. The number of hydrogen-bond acceptors (Lipinski definition) is 3. The fourth-order valence-electron chi connectivity index (χ4n) is 1.73. The van der Waals surface area contributed by atoms with Crippen LogP contribution in [0.3, 0.4) is 0 Å². The van der Waals surface area contributed by atoms with E-state index in [1.165, 1.54) is 0 Å². The fourth-order valence-corrected chi connectivity index (χ4v) is 1.73. The molecule has 1 amide bonds. The van der Waals surface area contributed by atoms with Crippen molar-refractivity contribution in [2.75, 3.05) is 26.2 Å². The van der Waals surface area contributed by atoms with E-state index in [-0.39, 0.29) is 13.0 Å². The third-order valence-electron chi connectivity index (χ3n) is 2.88. The lowest BCUT2D eigenvalue weighted by molar-refractivity contribution is -0.230. The van der Waals surface area contributed by atoms with Gasteiger partial charge in [0.1, 0.15) is 12.0 Å². The van der Waals surface area contributed by atoms with E-state index in [0.29, 0.717) is 0 Å². The Morgan fingerprint density at radius 3 is 2.65 bits per heavy atom. The minimum atomic E-state index is -4.56. The molecular formula is C8H11F3N4O2. The number of aliphatic hydroxyl groups excluding tert-OH is 1. The summed E-state index contributed by atoms with van der Waals surface area (Å²) in [6.45, 7) is -2.25. The van der Waals surface area contributed by atoms with E-state index in [4.69, 9.17) is 10.6 Å². The van der Waals surface area contributed by atoms with Crippen LogP contribution in [-0.4, -0.2) is 48.3 Å². The van der Waals surface area contributed by atoms with Gasteiger partial charge < -0.3 is 10.0 Å². The second-order valence-electron chi connectivity index (χ2n) is 3.89. The predicted molar refractivity (Wildman–Crippen MR) is 50.8 cm³/mol. The Labute approximate surface area is 94.6 Å². The zero-order valence-corrected chi connectivity index (χ0v) is 8.81. The van der Waals surface area contributed by atoms with E-state index < -0.39 is 37.2 Å². The van der Waals surface area contributed by atoms with Crippen molar-refractivity contribution in [3.05, 3.63) is 10.4 Å². The Hall–Kier alpha value is -1.47. The number of likely N-dealkylation sites (tertiary alicyclic amines) is 1. The summed E-state index contributed by atoms with van der Waals surface area (Å²) in [4.78, 5) is 14.7. The summed E-state index contributed by atoms with van der Waals surface area (Å²) in [7, 11) is 0. The zero-order valence-electron chi connectivity index (χ0n) is 8.81. The third-order valence-corrected chi connectivity index (χ3v) is 2.88. The molecule has 9 heteroatoms. The van der Waals surface area contributed by atoms with Crippen molar-refractivity contribution < 1.29 is 23.1 Å². The van der Waals surface area contributed by atoms with Gasteiger partial charge in [-0.25, -0.2) is 0 Å². The Bertz CT molecular complexity index is 353. The summed E-state index contributed by atoms with van der Waals surface area (Å²) < 4.78 is 38.2. The number of hydrogen-bond donors (Lipinski definition) is 1. The summed E-state index contributed by atoms with van der Waals surface area (Å²) >= 11 is 0. The van der Waals surface area contributed by atoms with E-state index in [2.05, 4.69) is 10.0 Å². The molecule has 6 nitrogen and oxygen atoms in total. The number of carbonyl (C=O) groups excluding carboxylic acids is 1. The van der Waals surface area contributed by atoms with Gasteiger partial charge in [0.05, 0.1) is 6.61 Å². The van der Waals surface area contributed by atoms with Gasteiger partial charge in [0.15, 0.2) is 0 Å². The first-order valence-electron chi connectivity index (χ1n) is 4.82. The molecule has 1 rings (SSSR count). The van der Waals surface area contributed by atoms with Crippen LogP contribution < -0.4 is 0 Å². The largest absolute Gasteiger partial charge is 0.398 e. The molecule has 0 spiro atoms. The molecule has 1 atom stereocenters. The average Bonchev–Trinajstić information content (AvgIpc) is 2.70. The number of nitrogens with zero attached hydrogens (tertiary/aromatic N) is 4. The molecule has 0 saturated carbocycles. The van der Waals surface area contributed by atoms with E-state index in [0.717, 1.165) is 4.90 Å². The highest BCUT2D eigenvalue weighted by molar-refractivity contribution is 5.78. The Balaban J connectivity index is 2.74. The van der Waals surface area contributed by atoms with Crippen LogP contribution in [0.5, 0.6) is 0 Å². The van der Waals surface area contributed by atoms with Crippen LogP contribution >= 0.6 is 0 Å². The SMILES string of the molecule is [N-]=[N+]=NCC(=O)N1CC[C@](CO)(C(F)(F)F)C1. The number of alkyl halides is 3. The van der Waals surface area contributed by atoms with E-state index in [1.807, 2.05) is 0 Å². The van der Waals surface area contributed by atoms with Crippen molar-refractivity contribution >= 4 is 5.91 Å². The van der Waals surface area contributed by atoms with Gasteiger partial charge in [0, 0.05) is 18.0 Å². The number of amides is 1. The maximum Gasteiger partial charge on any atom is 0.398 e. The topological polar surface area (TPSA) is 89.3 Å². The van der Waals surface area contributed by atoms with Crippen LogP contribution in [0, 0.1) is 5.41 Å². The smallest absolute Gasteiger partial charge is 0.395 e. The number of rotatable bonds is 3. The molecule has 0 aromatic carbocycles. The molecule has 1 aliphatic rings. The highest BCUT2D eigenvalue weighted by Gasteiger charge is 2.58. The fraction of sp³-hybridized carbons (Fsp3) is 0.875. The lowest BCUT2D eigenvalue weighted by Crippen LogP contribution is -2.44.